The number of ether oxygens (including phenoxy) is 1. The maximum Gasteiger partial charge on any atom is 0.331 e. The molecule has 0 saturated heterocycles. The lowest BCUT2D eigenvalue weighted by Crippen LogP contribution is -2.39. The van der Waals surface area contributed by atoms with E-state index in [4.69, 9.17) is 4.74 Å². The molecule has 3 heterocycles. The second-order valence-corrected chi connectivity index (χ2v) is 7.63. The third kappa shape index (κ3) is 3.21. The SMILES string of the molecule is COc1ccc2[nH]c3c(c2c1)CCN[C@H]3c1c(O)n(Cc2ccccc2)c(=O)[nH]c1=O. The minimum Gasteiger partial charge on any atom is -0.497 e. The van der Waals surface area contributed by atoms with Crippen LogP contribution in [-0.4, -0.2) is 33.3 Å². The molecule has 8 nitrogen and oxygen atoms in total. The molecule has 0 bridgehead atoms. The summed E-state index contributed by atoms with van der Waals surface area (Å²) in [5.41, 5.74) is 2.51. The summed E-state index contributed by atoms with van der Waals surface area (Å²) >= 11 is 0. The quantitative estimate of drug-likeness (QED) is 0.405. The molecule has 0 aliphatic carbocycles. The van der Waals surface area contributed by atoms with Gasteiger partial charge >= 0.3 is 5.69 Å². The number of hydrogen-bond acceptors (Lipinski definition) is 5. The van der Waals surface area contributed by atoms with E-state index in [1.165, 1.54) is 4.57 Å². The van der Waals surface area contributed by atoms with Crippen molar-refractivity contribution < 1.29 is 9.84 Å². The summed E-state index contributed by atoms with van der Waals surface area (Å²) in [5.74, 6) is 0.417. The first-order valence-corrected chi connectivity index (χ1v) is 10.1. The van der Waals surface area contributed by atoms with Crippen LogP contribution in [0.15, 0.2) is 58.1 Å². The number of aromatic hydroxyl groups is 1. The Labute approximate surface area is 177 Å². The highest BCUT2D eigenvalue weighted by molar-refractivity contribution is 5.86. The first kappa shape index (κ1) is 19.2. The molecule has 5 rings (SSSR count). The molecular formula is C23H22N4O4. The normalized spacial score (nSPS) is 15.7. The topological polar surface area (TPSA) is 112 Å². The number of aromatic amines is 2. The zero-order valence-corrected chi connectivity index (χ0v) is 16.9. The van der Waals surface area contributed by atoms with Crippen LogP contribution in [0.3, 0.4) is 0 Å². The minimum atomic E-state index is -0.646. The summed E-state index contributed by atoms with van der Waals surface area (Å²) in [6.07, 6.45) is 0.765. The molecule has 0 unspecified atom stereocenters. The Bertz CT molecular complexity index is 1380. The fourth-order valence-corrected chi connectivity index (χ4v) is 4.33. The fraction of sp³-hybridized carbons (Fsp3) is 0.217. The van der Waals surface area contributed by atoms with Crippen LogP contribution in [0.5, 0.6) is 11.6 Å². The maximum atomic E-state index is 12.8. The second kappa shape index (κ2) is 7.48. The molecule has 0 amide bonds. The highest BCUT2D eigenvalue weighted by atomic mass is 16.5. The Morgan fingerprint density at radius 1 is 1.13 bits per heavy atom. The number of nitrogens with zero attached hydrogens (tertiary/aromatic N) is 1. The van der Waals surface area contributed by atoms with Crippen molar-refractivity contribution in [3.05, 3.63) is 91.8 Å². The van der Waals surface area contributed by atoms with E-state index in [1.807, 2.05) is 48.5 Å². The summed E-state index contributed by atoms with van der Waals surface area (Å²) in [6, 6.07) is 14.5. The molecule has 0 fully saturated rings. The van der Waals surface area contributed by atoms with Crippen molar-refractivity contribution >= 4 is 10.9 Å². The second-order valence-electron chi connectivity index (χ2n) is 7.63. The minimum absolute atomic E-state index is 0.120. The van der Waals surface area contributed by atoms with Crippen molar-refractivity contribution in [1.29, 1.82) is 0 Å². The average molecular weight is 418 g/mol. The zero-order valence-electron chi connectivity index (χ0n) is 16.9. The molecule has 0 spiro atoms. The maximum absolute atomic E-state index is 12.8. The third-order valence-corrected chi connectivity index (χ3v) is 5.84. The van der Waals surface area contributed by atoms with E-state index in [-0.39, 0.29) is 18.0 Å². The average Bonchev–Trinajstić information content (AvgIpc) is 3.16. The van der Waals surface area contributed by atoms with Gasteiger partial charge in [0.2, 0.25) is 5.88 Å². The van der Waals surface area contributed by atoms with Gasteiger partial charge in [-0.1, -0.05) is 30.3 Å². The predicted molar refractivity (Wildman–Crippen MR) is 117 cm³/mol. The van der Waals surface area contributed by atoms with E-state index in [9.17, 15) is 14.7 Å². The highest BCUT2D eigenvalue weighted by Crippen LogP contribution is 2.36. The number of methoxy groups -OCH3 is 1. The van der Waals surface area contributed by atoms with Crippen LogP contribution in [0, 0.1) is 0 Å². The lowest BCUT2D eigenvalue weighted by Gasteiger charge is -2.25. The van der Waals surface area contributed by atoms with Crippen molar-refractivity contribution in [3.63, 3.8) is 0 Å². The van der Waals surface area contributed by atoms with Crippen molar-refractivity contribution in [2.45, 2.75) is 19.0 Å². The van der Waals surface area contributed by atoms with Gasteiger partial charge in [-0.3, -0.25) is 14.3 Å². The van der Waals surface area contributed by atoms with Crippen LogP contribution in [-0.2, 0) is 13.0 Å². The summed E-state index contributed by atoms with van der Waals surface area (Å²) in [7, 11) is 1.62. The molecule has 2 aromatic carbocycles. The van der Waals surface area contributed by atoms with E-state index in [1.54, 1.807) is 7.11 Å². The molecular weight excluding hydrogens is 396 g/mol. The van der Waals surface area contributed by atoms with Crippen molar-refractivity contribution in [1.82, 2.24) is 19.9 Å². The summed E-state index contributed by atoms with van der Waals surface area (Å²) in [6.45, 7) is 0.775. The van der Waals surface area contributed by atoms with Gasteiger partial charge in [0, 0.05) is 23.1 Å². The van der Waals surface area contributed by atoms with Gasteiger partial charge < -0.3 is 20.1 Å². The summed E-state index contributed by atoms with van der Waals surface area (Å²) in [5, 5.41) is 15.4. The molecule has 158 valence electrons. The summed E-state index contributed by atoms with van der Waals surface area (Å²) in [4.78, 5) is 31.0. The van der Waals surface area contributed by atoms with Gasteiger partial charge in [0.05, 0.1) is 19.7 Å². The Hall–Kier alpha value is -3.78. The van der Waals surface area contributed by atoms with Gasteiger partial charge in [-0.15, -0.1) is 0 Å². The number of fused-ring (bicyclic) bond motifs is 3. The fourth-order valence-electron chi connectivity index (χ4n) is 4.33. The van der Waals surface area contributed by atoms with Crippen LogP contribution in [0.2, 0.25) is 0 Å². The van der Waals surface area contributed by atoms with Crippen LogP contribution in [0.4, 0.5) is 0 Å². The number of H-pyrrole nitrogens is 2. The van der Waals surface area contributed by atoms with Crippen molar-refractivity contribution in [2.24, 2.45) is 0 Å². The third-order valence-electron chi connectivity index (χ3n) is 5.84. The number of hydrogen-bond donors (Lipinski definition) is 4. The van der Waals surface area contributed by atoms with Gasteiger partial charge in [0.1, 0.15) is 11.3 Å². The number of aromatic nitrogens is 3. The van der Waals surface area contributed by atoms with Gasteiger partial charge in [-0.05, 0) is 35.7 Å². The number of nitrogens with one attached hydrogen (secondary N) is 3. The van der Waals surface area contributed by atoms with Crippen molar-refractivity contribution in [3.8, 4) is 11.6 Å². The molecule has 4 aromatic rings. The largest absolute Gasteiger partial charge is 0.497 e. The van der Waals surface area contributed by atoms with E-state index in [0.29, 0.717) is 6.54 Å². The predicted octanol–water partition coefficient (Wildman–Crippen LogP) is 2.02. The van der Waals surface area contributed by atoms with E-state index in [0.717, 1.165) is 39.9 Å². The highest BCUT2D eigenvalue weighted by Gasteiger charge is 2.31. The van der Waals surface area contributed by atoms with Gasteiger partial charge in [0.15, 0.2) is 0 Å². The molecule has 0 radical (unpaired) electrons. The molecule has 2 aromatic heterocycles. The lowest BCUT2D eigenvalue weighted by molar-refractivity contribution is 0.390. The Kier molecular flexibility index (Phi) is 4.63. The van der Waals surface area contributed by atoms with Crippen LogP contribution in [0.25, 0.3) is 10.9 Å². The molecule has 0 saturated carbocycles. The van der Waals surface area contributed by atoms with E-state index < -0.39 is 17.3 Å². The Morgan fingerprint density at radius 2 is 1.94 bits per heavy atom. The lowest BCUT2D eigenvalue weighted by atomic mass is 9.95. The molecule has 1 aliphatic rings. The van der Waals surface area contributed by atoms with Crippen LogP contribution in [0.1, 0.15) is 28.4 Å². The molecule has 31 heavy (non-hydrogen) atoms. The van der Waals surface area contributed by atoms with Crippen LogP contribution < -0.4 is 21.3 Å². The van der Waals surface area contributed by atoms with Gasteiger partial charge in [-0.25, -0.2) is 4.79 Å². The Morgan fingerprint density at radius 3 is 2.71 bits per heavy atom. The molecule has 4 N–H and O–H groups in total. The van der Waals surface area contributed by atoms with Crippen LogP contribution >= 0.6 is 0 Å². The number of benzene rings is 2. The molecule has 1 aliphatic heterocycles. The van der Waals surface area contributed by atoms with Gasteiger partial charge in [-0.2, -0.15) is 0 Å². The molecule has 1 atom stereocenters. The van der Waals surface area contributed by atoms with Gasteiger partial charge in [0.25, 0.3) is 5.56 Å². The summed E-state index contributed by atoms with van der Waals surface area (Å²) < 4.78 is 6.54. The smallest absolute Gasteiger partial charge is 0.331 e. The van der Waals surface area contributed by atoms with E-state index >= 15 is 0 Å². The first-order valence-electron chi connectivity index (χ1n) is 10.1. The van der Waals surface area contributed by atoms with E-state index in [2.05, 4.69) is 15.3 Å². The Balaban J connectivity index is 1.66. The standard InChI is InChI=1S/C23H22N4O4/c1-31-14-7-8-17-16(11-14)15-9-10-24-20(19(15)25-17)18-21(28)26-23(30)27(22(18)29)12-13-5-3-2-4-6-13/h2-8,11,20,24-25,29H,9-10,12H2,1H3,(H,26,28,30)/t20-/m0/s1. The molecule has 8 heteroatoms. The zero-order chi connectivity index (χ0) is 21.5. The number of rotatable bonds is 4. The van der Waals surface area contributed by atoms with Crippen molar-refractivity contribution in [2.75, 3.05) is 13.7 Å². The monoisotopic (exact) mass is 418 g/mol. The first-order chi connectivity index (χ1) is 15.1.